The zero-order valence-electron chi connectivity index (χ0n) is 18.4. The number of hydrogen-bond donors (Lipinski definition) is 2. The Balaban J connectivity index is 1.50. The van der Waals surface area contributed by atoms with Gasteiger partial charge in [0, 0.05) is 37.6 Å². The van der Waals surface area contributed by atoms with E-state index >= 15 is 0 Å². The Bertz CT molecular complexity index is 1270. The number of nitrogens with one attached hydrogen (secondary N) is 1. The predicted molar refractivity (Wildman–Crippen MR) is 128 cm³/mol. The molecular weight excluding hydrogens is 461 g/mol. The number of anilines is 3. The lowest BCUT2D eigenvalue weighted by Gasteiger charge is -2.38. The molecule has 0 amide bonds. The summed E-state index contributed by atoms with van der Waals surface area (Å²) < 4.78 is 45.9. The fourth-order valence-corrected chi connectivity index (χ4v) is 4.92. The monoisotopic (exact) mass is 485 g/mol. The molecule has 0 aliphatic carbocycles. The Kier molecular flexibility index (Phi) is 6.60. The average molecular weight is 486 g/mol. The first-order valence-corrected chi connectivity index (χ1v) is 12.0. The number of hydrogen-bond acceptors (Lipinski definition) is 6. The van der Waals surface area contributed by atoms with Crippen LogP contribution >= 0.6 is 0 Å². The van der Waals surface area contributed by atoms with E-state index in [-0.39, 0.29) is 16.1 Å². The number of rotatable bonds is 7. The van der Waals surface area contributed by atoms with Gasteiger partial charge in [0.15, 0.2) is 0 Å². The highest BCUT2D eigenvalue weighted by atomic mass is 32.2. The topological polar surface area (TPSA) is 99.2 Å². The number of aromatic carboxylic acids is 1. The lowest BCUT2D eigenvalue weighted by molar-refractivity contribution is 0.0697. The van der Waals surface area contributed by atoms with Crippen LogP contribution in [0.3, 0.4) is 0 Å². The zero-order valence-corrected chi connectivity index (χ0v) is 19.3. The van der Waals surface area contributed by atoms with Crippen molar-refractivity contribution in [3.8, 4) is 5.75 Å². The minimum atomic E-state index is -3.99. The van der Waals surface area contributed by atoms with Crippen molar-refractivity contribution in [3.63, 3.8) is 0 Å². The predicted octanol–water partition coefficient (Wildman–Crippen LogP) is 3.66. The normalized spacial score (nSPS) is 14.1. The van der Waals surface area contributed by atoms with Crippen molar-refractivity contribution in [1.82, 2.24) is 0 Å². The number of sulfonamides is 1. The molecule has 0 saturated carbocycles. The van der Waals surface area contributed by atoms with Crippen LogP contribution in [0.4, 0.5) is 21.5 Å². The summed E-state index contributed by atoms with van der Waals surface area (Å²) in [6, 6.07) is 16.6. The Hall–Kier alpha value is -3.79. The quantitative estimate of drug-likeness (QED) is 0.527. The molecule has 1 fully saturated rings. The molecule has 3 aromatic rings. The Labute approximate surface area is 197 Å². The van der Waals surface area contributed by atoms with Crippen LogP contribution in [-0.2, 0) is 10.0 Å². The maximum Gasteiger partial charge on any atom is 0.337 e. The number of halogens is 1. The van der Waals surface area contributed by atoms with Crippen molar-refractivity contribution in [2.45, 2.75) is 4.90 Å². The lowest BCUT2D eigenvalue weighted by Crippen LogP contribution is -2.47. The summed E-state index contributed by atoms with van der Waals surface area (Å²) in [7, 11) is -2.37. The SMILES string of the molecule is COc1ccc(N2CCN(c3ccc(NS(=O)(=O)c4ccc(F)cc4)cc3C(=O)O)CC2)cc1. The number of piperazine rings is 1. The summed E-state index contributed by atoms with van der Waals surface area (Å²) in [4.78, 5) is 16.0. The number of carboxylic acid groups (broad SMARTS) is 1. The van der Waals surface area contributed by atoms with Crippen LogP contribution in [-0.4, -0.2) is 52.8 Å². The molecule has 3 aromatic carbocycles. The molecule has 4 rings (SSSR count). The van der Waals surface area contributed by atoms with Crippen LogP contribution < -0.4 is 19.3 Å². The fraction of sp³-hybridized carbons (Fsp3) is 0.208. The van der Waals surface area contributed by atoms with Gasteiger partial charge >= 0.3 is 5.97 Å². The van der Waals surface area contributed by atoms with Crippen LogP contribution in [0, 0.1) is 5.82 Å². The number of nitrogens with zero attached hydrogens (tertiary/aromatic N) is 2. The smallest absolute Gasteiger partial charge is 0.337 e. The van der Waals surface area contributed by atoms with Gasteiger partial charge in [0.2, 0.25) is 0 Å². The van der Waals surface area contributed by atoms with E-state index < -0.39 is 21.8 Å². The van der Waals surface area contributed by atoms with E-state index in [1.807, 2.05) is 29.2 Å². The zero-order chi connectivity index (χ0) is 24.3. The molecule has 1 saturated heterocycles. The number of methoxy groups -OCH3 is 1. The first-order valence-electron chi connectivity index (χ1n) is 10.6. The first-order chi connectivity index (χ1) is 16.3. The first kappa shape index (κ1) is 23.4. The molecule has 1 heterocycles. The third-order valence-electron chi connectivity index (χ3n) is 5.66. The van der Waals surface area contributed by atoms with Crippen molar-refractivity contribution in [2.24, 2.45) is 0 Å². The van der Waals surface area contributed by atoms with Gasteiger partial charge in [0.25, 0.3) is 10.0 Å². The second-order valence-corrected chi connectivity index (χ2v) is 9.45. The summed E-state index contributed by atoms with van der Waals surface area (Å²) in [5, 5.41) is 9.78. The van der Waals surface area contributed by atoms with E-state index in [4.69, 9.17) is 4.74 Å². The molecular formula is C24H24FN3O5S. The molecule has 1 aliphatic heterocycles. The van der Waals surface area contributed by atoms with Gasteiger partial charge in [-0.3, -0.25) is 4.72 Å². The van der Waals surface area contributed by atoms with Gasteiger partial charge in [0.1, 0.15) is 11.6 Å². The molecule has 178 valence electrons. The van der Waals surface area contributed by atoms with Crippen molar-refractivity contribution >= 4 is 33.1 Å². The Morgan fingerprint density at radius 3 is 2.15 bits per heavy atom. The van der Waals surface area contributed by atoms with Gasteiger partial charge < -0.3 is 19.6 Å². The molecule has 10 heteroatoms. The minimum absolute atomic E-state index is 0.00259. The molecule has 0 unspecified atom stereocenters. The van der Waals surface area contributed by atoms with E-state index in [1.165, 1.54) is 12.1 Å². The number of ether oxygens (including phenoxy) is 1. The molecule has 34 heavy (non-hydrogen) atoms. The maximum absolute atomic E-state index is 13.1. The van der Waals surface area contributed by atoms with Gasteiger partial charge in [-0.2, -0.15) is 0 Å². The molecule has 0 aromatic heterocycles. The molecule has 0 bridgehead atoms. The molecule has 8 nitrogen and oxygen atoms in total. The van der Waals surface area contributed by atoms with Crippen LogP contribution in [0.2, 0.25) is 0 Å². The van der Waals surface area contributed by atoms with Crippen LogP contribution in [0.1, 0.15) is 10.4 Å². The largest absolute Gasteiger partial charge is 0.497 e. The van der Waals surface area contributed by atoms with E-state index in [9.17, 15) is 22.7 Å². The van der Waals surface area contributed by atoms with E-state index in [1.54, 1.807) is 13.2 Å². The molecule has 0 radical (unpaired) electrons. The number of benzene rings is 3. The van der Waals surface area contributed by atoms with Gasteiger partial charge in [-0.1, -0.05) is 0 Å². The van der Waals surface area contributed by atoms with Gasteiger partial charge in [-0.15, -0.1) is 0 Å². The van der Waals surface area contributed by atoms with Crippen molar-refractivity contribution in [2.75, 3.05) is 47.8 Å². The van der Waals surface area contributed by atoms with Gasteiger partial charge in [0.05, 0.1) is 23.3 Å². The fourth-order valence-electron chi connectivity index (χ4n) is 3.87. The molecule has 0 atom stereocenters. The number of carbonyl (C=O) groups is 1. The third-order valence-corrected chi connectivity index (χ3v) is 7.06. The van der Waals surface area contributed by atoms with Crippen molar-refractivity contribution in [3.05, 3.63) is 78.1 Å². The highest BCUT2D eigenvalue weighted by Gasteiger charge is 2.23. The van der Waals surface area contributed by atoms with E-state index in [2.05, 4.69) is 9.62 Å². The molecule has 1 aliphatic rings. The average Bonchev–Trinajstić information content (AvgIpc) is 2.84. The van der Waals surface area contributed by atoms with E-state index in [0.29, 0.717) is 31.9 Å². The summed E-state index contributed by atoms with van der Waals surface area (Å²) >= 11 is 0. The Morgan fingerprint density at radius 2 is 1.56 bits per heavy atom. The summed E-state index contributed by atoms with van der Waals surface area (Å²) in [5.74, 6) is -0.928. The summed E-state index contributed by atoms with van der Waals surface area (Å²) in [6.07, 6.45) is 0. The lowest BCUT2D eigenvalue weighted by atomic mass is 10.1. The van der Waals surface area contributed by atoms with Crippen LogP contribution in [0.25, 0.3) is 0 Å². The standard InChI is InChI=1S/C24H24FN3O5S/c1-33-20-7-5-19(6-8-20)27-12-14-28(15-13-27)23-11-4-18(16-22(23)24(29)30)26-34(31,32)21-9-2-17(25)3-10-21/h2-11,16,26H,12-15H2,1H3,(H,29,30). The van der Waals surface area contributed by atoms with Gasteiger partial charge in [-0.25, -0.2) is 17.6 Å². The molecule has 2 N–H and O–H groups in total. The van der Waals surface area contributed by atoms with Crippen molar-refractivity contribution < 1.29 is 27.4 Å². The Morgan fingerprint density at radius 1 is 0.941 bits per heavy atom. The highest BCUT2D eigenvalue weighted by Crippen LogP contribution is 2.28. The van der Waals surface area contributed by atoms with Crippen LogP contribution in [0.5, 0.6) is 5.75 Å². The highest BCUT2D eigenvalue weighted by molar-refractivity contribution is 7.92. The summed E-state index contributed by atoms with van der Waals surface area (Å²) in [5.41, 5.74) is 1.69. The number of carboxylic acids is 1. The molecule has 0 spiro atoms. The van der Waals surface area contributed by atoms with Gasteiger partial charge in [-0.05, 0) is 66.7 Å². The third kappa shape index (κ3) is 5.07. The van der Waals surface area contributed by atoms with E-state index in [0.717, 1.165) is 35.7 Å². The van der Waals surface area contributed by atoms with Crippen LogP contribution in [0.15, 0.2) is 71.6 Å². The summed E-state index contributed by atoms with van der Waals surface area (Å²) in [6.45, 7) is 2.61. The maximum atomic E-state index is 13.1. The second-order valence-electron chi connectivity index (χ2n) is 7.77. The second kappa shape index (κ2) is 9.60. The minimum Gasteiger partial charge on any atom is -0.497 e. The van der Waals surface area contributed by atoms with Crippen molar-refractivity contribution in [1.29, 1.82) is 0 Å².